The van der Waals surface area contributed by atoms with Crippen LogP contribution in [0, 0.1) is 0 Å². The Balaban J connectivity index is 1.83. The summed E-state index contributed by atoms with van der Waals surface area (Å²) >= 11 is 0. The molecule has 1 fully saturated rings. The van der Waals surface area contributed by atoms with Gasteiger partial charge in [0.05, 0.1) is 12.1 Å². The van der Waals surface area contributed by atoms with E-state index in [1.165, 1.54) is 11.0 Å². The Morgan fingerprint density at radius 3 is 2.45 bits per heavy atom. The SMILES string of the molecule is O=C1CC[C@H](N(Cc2ccccc2C(=O)O)C(=O)OCc2ccccc2)C(=O)N1. The van der Waals surface area contributed by atoms with Gasteiger partial charge in [0, 0.05) is 6.42 Å². The molecule has 1 aliphatic rings. The summed E-state index contributed by atoms with van der Waals surface area (Å²) in [7, 11) is 0. The standard InChI is InChI=1S/C21H20N2O6/c24-18-11-10-17(19(25)22-18)23(12-15-8-4-5-9-16(15)20(26)27)21(28)29-13-14-6-2-1-3-7-14/h1-9,17H,10-13H2,(H,26,27)(H,22,24,25)/t17-/m0/s1. The van der Waals surface area contributed by atoms with Gasteiger partial charge in [-0.15, -0.1) is 0 Å². The highest BCUT2D eigenvalue weighted by molar-refractivity contribution is 6.01. The van der Waals surface area contributed by atoms with Crippen LogP contribution < -0.4 is 5.32 Å². The number of piperidine rings is 1. The van der Waals surface area contributed by atoms with E-state index in [2.05, 4.69) is 5.32 Å². The van der Waals surface area contributed by atoms with Gasteiger partial charge in [0.1, 0.15) is 12.6 Å². The van der Waals surface area contributed by atoms with E-state index in [0.717, 1.165) is 5.56 Å². The Bertz CT molecular complexity index is 928. The average Bonchev–Trinajstić information content (AvgIpc) is 2.71. The lowest BCUT2D eigenvalue weighted by Crippen LogP contribution is -2.54. The minimum Gasteiger partial charge on any atom is -0.478 e. The van der Waals surface area contributed by atoms with Crippen molar-refractivity contribution in [1.29, 1.82) is 0 Å². The van der Waals surface area contributed by atoms with Crippen LogP contribution in [0.4, 0.5) is 4.79 Å². The van der Waals surface area contributed by atoms with E-state index in [9.17, 15) is 24.3 Å². The molecule has 0 saturated carbocycles. The van der Waals surface area contributed by atoms with Crippen LogP contribution in [0.3, 0.4) is 0 Å². The summed E-state index contributed by atoms with van der Waals surface area (Å²) in [5.74, 6) is -2.15. The Labute approximate surface area is 167 Å². The molecule has 29 heavy (non-hydrogen) atoms. The van der Waals surface area contributed by atoms with Crippen molar-refractivity contribution in [3.05, 3.63) is 71.3 Å². The molecule has 1 saturated heterocycles. The summed E-state index contributed by atoms with van der Waals surface area (Å²) in [5, 5.41) is 11.6. The van der Waals surface area contributed by atoms with Gasteiger partial charge in [-0.2, -0.15) is 0 Å². The number of carboxylic acids is 1. The lowest BCUT2D eigenvalue weighted by Gasteiger charge is -2.32. The zero-order valence-electron chi connectivity index (χ0n) is 15.5. The third-order valence-corrected chi connectivity index (χ3v) is 4.61. The third kappa shape index (κ3) is 4.98. The summed E-state index contributed by atoms with van der Waals surface area (Å²) in [4.78, 5) is 49.3. The van der Waals surface area contributed by atoms with Gasteiger partial charge in [-0.25, -0.2) is 9.59 Å². The smallest absolute Gasteiger partial charge is 0.411 e. The molecule has 1 heterocycles. The van der Waals surface area contributed by atoms with Crippen molar-refractivity contribution in [2.75, 3.05) is 0 Å². The number of benzene rings is 2. The van der Waals surface area contributed by atoms with Crippen LogP contribution in [0.15, 0.2) is 54.6 Å². The van der Waals surface area contributed by atoms with Crippen molar-refractivity contribution >= 4 is 23.9 Å². The molecular formula is C21H20N2O6. The molecule has 1 atom stereocenters. The normalized spacial score (nSPS) is 16.1. The predicted octanol–water partition coefficient (Wildman–Crippen LogP) is 2.33. The Kier molecular flexibility index (Phi) is 6.23. The number of imide groups is 1. The Morgan fingerprint density at radius 2 is 1.76 bits per heavy atom. The van der Waals surface area contributed by atoms with Gasteiger partial charge >= 0.3 is 12.1 Å². The Hall–Kier alpha value is -3.68. The molecule has 0 spiro atoms. The lowest BCUT2D eigenvalue weighted by molar-refractivity contribution is -0.137. The molecule has 0 unspecified atom stereocenters. The first kappa shape index (κ1) is 20.1. The van der Waals surface area contributed by atoms with Crippen molar-refractivity contribution in [2.24, 2.45) is 0 Å². The van der Waals surface area contributed by atoms with E-state index >= 15 is 0 Å². The minimum absolute atomic E-state index is 0.00399. The fraction of sp³-hybridized carbons (Fsp3) is 0.238. The zero-order chi connectivity index (χ0) is 20.8. The van der Waals surface area contributed by atoms with Gasteiger partial charge in [-0.1, -0.05) is 48.5 Å². The first-order valence-electron chi connectivity index (χ1n) is 9.08. The van der Waals surface area contributed by atoms with Crippen LogP contribution in [-0.2, 0) is 27.5 Å². The van der Waals surface area contributed by atoms with Crippen molar-refractivity contribution in [3.63, 3.8) is 0 Å². The molecule has 2 aromatic rings. The monoisotopic (exact) mass is 396 g/mol. The second-order valence-corrected chi connectivity index (χ2v) is 6.60. The third-order valence-electron chi connectivity index (χ3n) is 4.61. The highest BCUT2D eigenvalue weighted by Gasteiger charge is 2.35. The quantitative estimate of drug-likeness (QED) is 0.725. The van der Waals surface area contributed by atoms with E-state index < -0.39 is 29.9 Å². The molecule has 2 aromatic carbocycles. The van der Waals surface area contributed by atoms with E-state index in [0.29, 0.717) is 5.56 Å². The molecule has 0 aromatic heterocycles. The van der Waals surface area contributed by atoms with Gasteiger partial charge in [0.25, 0.3) is 0 Å². The van der Waals surface area contributed by atoms with Crippen molar-refractivity contribution < 1.29 is 29.0 Å². The molecular weight excluding hydrogens is 376 g/mol. The number of rotatable bonds is 6. The van der Waals surface area contributed by atoms with E-state index in [1.54, 1.807) is 30.3 Å². The molecule has 3 rings (SSSR count). The van der Waals surface area contributed by atoms with Crippen molar-refractivity contribution in [2.45, 2.75) is 32.0 Å². The number of aromatic carboxylic acids is 1. The first-order valence-corrected chi connectivity index (χ1v) is 9.08. The number of nitrogens with one attached hydrogen (secondary N) is 1. The highest BCUT2D eigenvalue weighted by atomic mass is 16.6. The number of carbonyl (C=O) groups excluding carboxylic acids is 3. The molecule has 8 nitrogen and oxygen atoms in total. The Morgan fingerprint density at radius 1 is 1.07 bits per heavy atom. The maximum Gasteiger partial charge on any atom is 0.411 e. The molecule has 2 N–H and O–H groups in total. The van der Waals surface area contributed by atoms with Crippen LogP contribution in [0.5, 0.6) is 0 Å². The molecule has 8 heteroatoms. The number of amides is 3. The van der Waals surface area contributed by atoms with E-state index in [1.807, 2.05) is 18.2 Å². The number of nitrogens with zero attached hydrogens (tertiary/aromatic N) is 1. The zero-order valence-corrected chi connectivity index (χ0v) is 15.5. The number of hydrogen-bond donors (Lipinski definition) is 2. The molecule has 1 aliphatic heterocycles. The summed E-state index contributed by atoms with van der Waals surface area (Å²) in [6.45, 7) is -0.133. The molecule has 3 amide bonds. The highest BCUT2D eigenvalue weighted by Crippen LogP contribution is 2.20. The summed E-state index contributed by atoms with van der Waals surface area (Å²) in [6.07, 6.45) is -0.539. The lowest BCUT2D eigenvalue weighted by atomic mass is 10.0. The first-order chi connectivity index (χ1) is 14.0. The van der Waals surface area contributed by atoms with Gasteiger partial charge in [0.15, 0.2) is 0 Å². The fourth-order valence-electron chi connectivity index (χ4n) is 3.13. The molecule has 150 valence electrons. The number of carboxylic acid groups (broad SMARTS) is 1. The largest absolute Gasteiger partial charge is 0.478 e. The minimum atomic E-state index is -1.14. The second kappa shape index (κ2) is 9.01. The van der Waals surface area contributed by atoms with Gasteiger partial charge in [0.2, 0.25) is 11.8 Å². The molecule has 0 bridgehead atoms. The van der Waals surface area contributed by atoms with Crippen LogP contribution >= 0.6 is 0 Å². The van der Waals surface area contributed by atoms with E-state index in [4.69, 9.17) is 4.74 Å². The van der Waals surface area contributed by atoms with Crippen LogP contribution in [0.25, 0.3) is 0 Å². The average molecular weight is 396 g/mol. The number of hydrogen-bond acceptors (Lipinski definition) is 5. The topological polar surface area (TPSA) is 113 Å². The fourth-order valence-corrected chi connectivity index (χ4v) is 3.13. The van der Waals surface area contributed by atoms with Crippen molar-refractivity contribution in [1.82, 2.24) is 10.2 Å². The van der Waals surface area contributed by atoms with Gasteiger partial charge in [-0.3, -0.25) is 19.8 Å². The number of carbonyl (C=O) groups is 4. The summed E-state index contributed by atoms with van der Waals surface area (Å²) in [6, 6.07) is 14.3. The summed E-state index contributed by atoms with van der Waals surface area (Å²) in [5.41, 5.74) is 1.16. The van der Waals surface area contributed by atoms with Gasteiger partial charge < -0.3 is 9.84 Å². The van der Waals surface area contributed by atoms with Gasteiger partial charge in [-0.05, 0) is 23.6 Å². The van der Waals surface area contributed by atoms with Crippen molar-refractivity contribution in [3.8, 4) is 0 Å². The number of ether oxygens (including phenoxy) is 1. The van der Waals surface area contributed by atoms with Crippen LogP contribution in [0.1, 0.15) is 34.3 Å². The summed E-state index contributed by atoms with van der Waals surface area (Å²) < 4.78 is 5.37. The maximum atomic E-state index is 12.8. The molecule has 0 radical (unpaired) electrons. The second-order valence-electron chi connectivity index (χ2n) is 6.60. The van der Waals surface area contributed by atoms with Crippen LogP contribution in [-0.4, -0.2) is 39.9 Å². The van der Waals surface area contributed by atoms with Crippen LogP contribution in [0.2, 0.25) is 0 Å². The maximum absolute atomic E-state index is 12.8. The molecule has 0 aliphatic carbocycles. The van der Waals surface area contributed by atoms with E-state index in [-0.39, 0.29) is 31.6 Å². The predicted molar refractivity (Wildman–Crippen MR) is 102 cm³/mol.